The maximum atomic E-state index is 13.1. The predicted octanol–water partition coefficient (Wildman–Crippen LogP) is 4.26. The lowest BCUT2D eigenvalue weighted by Gasteiger charge is -2.27. The van der Waals surface area contributed by atoms with Crippen molar-refractivity contribution in [2.24, 2.45) is 0 Å². The van der Waals surface area contributed by atoms with Crippen LogP contribution in [0.4, 0.5) is 18.0 Å². The van der Waals surface area contributed by atoms with Gasteiger partial charge in [-0.25, -0.2) is 9.18 Å². The highest BCUT2D eigenvalue weighted by Crippen LogP contribution is 2.19. The van der Waals surface area contributed by atoms with Crippen LogP contribution in [0.15, 0.2) is 48.5 Å². The minimum atomic E-state index is -2.88. The van der Waals surface area contributed by atoms with Crippen molar-refractivity contribution in [3.05, 3.63) is 65.5 Å². The van der Waals surface area contributed by atoms with E-state index in [2.05, 4.69) is 10.1 Å². The highest BCUT2D eigenvalue weighted by Gasteiger charge is 2.17. The Morgan fingerprint density at radius 2 is 1.66 bits per heavy atom. The van der Waals surface area contributed by atoms with Crippen molar-refractivity contribution in [3.63, 3.8) is 0 Å². The molecule has 2 aromatic carbocycles. The summed E-state index contributed by atoms with van der Waals surface area (Å²) in [7, 11) is 3.83. The van der Waals surface area contributed by atoms with Crippen LogP contribution in [0.3, 0.4) is 0 Å². The van der Waals surface area contributed by atoms with Crippen LogP contribution in [0.1, 0.15) is 24.1 Å². The lowest BCUT2D eigenvalue weighted by molar-refractivity contribution is -0.0498. The standard InChI is InChI=1S/C21H26F3N3O2/c1-15(17-6-10-19(11-7-17)29-20(23)24)25-21(28)27(13-12-26(2)3)14-16-4-8-18(22)9-5-16/h4-11,15,20H,12-14H2,1-3H3,(H,25,28)/t15-/m0/s1. The minimum Gasteiger partial charge on any atom is -0.435 e. The third-order valence-corrected chi connectivity index (χ3v) is 4.34. The van der Waals surface area contributed by atoms with Crippen molar-refractivity contribution in [1.82, 2.24) is 15.1 Å². The van der Waals surface area contributed by atoms with Crippen molar-refractivity contribution >= 4 is 6.03 Å². The first-order valence-electron chi connectivity index (χ1n) is 9.24. The number of urea groups is 1. The Hall–Kier alpha value is -2.74. The number of ether oxygens (including phenoxy) is 1. The lowest BCUT2D eigenvalue weighted by Crippen LogP contribution is -2.43. The molecule has 1 N–H and O–H groups in total. The number of benzene rings is 2. The summed E-state index contributed by atoms with van der Waals surface area (Å²) in [5, 5.41) is 2.92. The normalized spacial score (nSPS) is 12.1. The van der Waals surface area contributed by atoms with Gasteiger partial charge < -0.3 is 19.9 Å². The molecule has 29 heavy (non-hydrogen) atoms. The van der Waals surface area contributed by atoms with Gasteiger partial charge in [-0.2, -0.15) is 8.78 Å². The number of carbonyl (C=O) groups excluding carboxylic acids is 1. The van der Waals surface area contributed by atoms with Gasteiger partial charge in [0.25, 0.3) is 0 Å². The Morgan fingerprint density at radius 1 is 1.03 bits per heavy atom. The Balaban J connectivity index is 2.03. The summed E-state index contributed by atoms with van der Waals surface area (Å²) < 4.78 is 42.0. The molecule has 0 saturated carbocycles. The molecule has 0 saturated heterocycles. The maximum absolute atomic E-state index is 13.1. The van der Waals surface area contributed by atoms with E-state index in [-0.39, 0.29) is 23.6 Å². The molecule has 0 aliphatic carbocycles. The van der Waals surface area contributed by atoms with E-state index in [4.69, 9.17) is 0 Å². The van der Waals surface area contributed by atoms with Crippen LogP contribution < -0.4 is 10.1 Å². The first-order valence-corrected chi connectivity index (χ1v) is 9.24. The molecule has 0 aliphatic rings. The monoisotopic (exact) mass is 409 g/mol. The van der Waals surface area contributed by atoms with Crippen LogP contribution in [0, 0.1) is 5.82 Å². The Kier molecular flexibility index (Phi) is 8.33. The fraction of sp³-hybridized carbons (Fsp3) is 0.381. The summed E-state index contributed by atoms with van der Waals surface area (Å²) in [6, 6.07) is 11.6. The average Bonchev–Trinajstić information content (AvgIpc) is 2.66. The summed E-state index contributed by atoms with van der Waals surface area (Å²) in [5.74, 6) is -0.267. The van der Waals surface area contributed by atoms with E-state index >= 15 is 0 Å². The highest BCUT2D eigenvalue weighted by atomic mass is 19.3. The van der Waals surface area contributed by atoms with Gasteiger partial charge in [-0.1, -0.05) is 24.3 Å². The van der Waals surface area contributed by atoms with Gasteiger partial charge in [0.05, 0.1) is 6.04 Å². The van der Waals surface area contributed by atoms with Gasteiger partial charge in [-0.15, -0.1) is 0 Å². The summed E-state index contributed by atoms with van der Waals surface area (Å²) in [5.41, 5.74) is 1.58. The zero-order chi connectivity index (χ0) is 21.4. The fourth-order valence-corrected chi connectivity index (χ4v) is 2.68. The van der Waals surface area contributed by atoms with Crippen LogP contribution in [-0.2, 0) is 6.54 Å². The van der Waals surface area contributed by atoms with E-state index in [9.17, 15) is 18.0 Å². The molecule has 0 unspecified atom stereocenters. The third-order valence-electron chi connectivity index (χ3n) is 4.34. The van der Waals surface area contributed by atoms with Crippen molar-refractivity contribution in [3.8, 4) is 5.75 Å². The molecular weight excluding hydrogens is 383 g/mol. The molecule has 0 radical (unpaired) electrons. The van der Waals surface area contributed by atoms with Crippen LogP contribution in [0.5, 0.6) is 5.75 Å². The quantitative estimate of drug-likeness (QED) is 0.673. The van der Waals surface area contributed by atoms with E-state index in [1.807, 2.05) is 25.9 Å². The number of hydrogen-bond donors (Lipinski definition) is 1. The molecule has 158 valence electrons. The molecule has 0 heterocycles. The van der Waals surface area contributed by atoms with E-state index in [0.29, 0.717) is 19.6 Å². The number of hydrogen-bond acceptors (Lipinski definition) is 3. The number of alkyl halides is 2. The second-order valence-corrected chi connectivity index (χ2v) is 6.97. The number of nitrogens with zero attached hydrogens (tertiary/aromatic N) is 2. The van der Waals surface area contributed by atoms with E-state index < -0.39 is 6.61 Å². The van der Waals surface area contributed by atoms with Crippen molar-refractivity contribution in [2.75, 3.05) is 27.2 Å². The van der Waals surface area contributed by atoms with E-state index in [1.54, 1.807) is 29.2 Å². The van der Waals surface area contributed by atoms with Gasteiger partial charge in [0.15, 0.2) is 0 Å². The number of likely N-dealkylation sites (N-methyl/N-ethyl adjacent to an activating group) is 1. The molecule has 0 aromatic heterocycles. The fourth-order valence-electron chi connectivity index (χ4n) is 2.68. The largest absolute Gasteiger partial charge is 0.435 e. The number of carbonyl (C=O) groups is 1. The lowest BCUT2D eigenvalue weighted by atomic mass is 10.1. The Labute approximate surface area is 169 Å². The molecule has 0 fully saturated rings. The molecule has 2 aromatic rings. The van der Waals surface area contributed by atoms with Crippen LogP contribution >= 0.6 is 0 Å². The van der Waals surface area contributed by atoms with Crippen LogP contribution in [0.2, 0.25) is 0 Å². The zero-order valence-corrected chi connectivity index (χ0v) is 16.7. The number of amides is 2. The second-order valence-electron chi connectivity index (χ2n) is 6.97. The molecule has 0 spiro atoms. The first kappa shape index (κ1) is 22.5. The SMILES string of the molecule is C[C@H](NC(=O)N(CCN(C)C)Cc1ccc(F)cc1)c1ccc(OC(F)F)cc1. The third kappa shape index (κ3) is 7.65. The molecule has 0 bridgehead atoms. The van der Waals surface area contributed by atoms with Crippen LogP contribution in [0.25, 0.3) is 0 Å². The first-order chi connectivity index (χ1) is 13.7. The van der Waals surface area contributed by atoms with Gasteiger partial charge in [-0.05, 0) is 56.4 Å². The molecule has 2 rings (SSSR count). The van der Waals surface area contributed by atoms with Crippen molar-refractivity contribution < 1.29 is 22.7 Å². The molecule has 0 aliphatic heterocycles. The summed E-state index contributed by atoms with van der Waals surface area (Å²) in [6.07, 6.45) is 0. The number of halogens is 3. The molecule has 2 amide bonds. The predicted molar refractivity (Wildman–Crippen MR) is 105 cm³/mol. The summed E-state index contributed by atoms with van der Waals surface area (Å²) in [6.45, 7) is 0.429. The van der Waals surface area contributed by atoms with Gasteiger partial charge in [0, 0.05) is 19.6 Å². The van der Waals surface area contributed by atoms with Gasteiger partial charge in [-0.3, -0.25) is 0 Å². The van der Waals surface area contributed by atoms with Gasteiger partial charge >= 0.3 is 12.6 Å². The number of nitrogens with one attached hydrogen (secondary N) is 1. The molecule has 8 heteroatoms. The second kappa shape index (κ2) is 10.7. The van der Waals surface area contributed by atoms with Crippen molar-refractivity contribution in [1.29, 1.82) is 0 Å². The molecule has 5 nitrogen and oxygen atoms in total. The summed E-state index contributed by atoms with van der Waals surface area (Å²) in [4.78, 5) is 16.4. The van der Waals surface area contributed by atoms with Crippen molar-refractivity contribution in [2.45, 2.75) is 26.1 Å². The average molecular weight is 409 g/mol. The highest BCUT2D eigenvalue weighted by molar-refractivity contribution is 5.74. The Bertz CT molecular complexity index is 768. The van der Waals surface area contributed by atoms with Crippen LogP contribution in [-0.4, -0.2) is 49.6 Å². The smallest absolute Gasteiger partial charge is 0.387 e. The van der Waals surface area contributed by atoms with Gasteiger partial charge in [0.2, 0.25) is 0 Å². The zero-order valence-electron chi connectivity index (χ0n) is 16.7. The molecular formula is C21H26F3N3O2. The Morgan fingerprint density at radius 3 is 2.21 bits per heavy atom. The van der Waals surface area contributed by atoms with E-state index in [1.165, 1.54) is 24.3 Å². The topological polar surface area (TPSA) is 44.8 Å². The maximum Gasteiger partial charge on any atom is 0.387 e. The van der Waals surface area contributed by atoms with Gasteiger partial charge in [0.1, 0.15) is 11.6 Å². The molecule has 1 atom stereocenters. The number of rotatable bonds is 9. The minimum absolute atomic E-state index is 0.0613. The van der Waals surface area contributed by atoms with E-state index in [0.717, 1.165) is 11.1 Å². The summed E-state index contributed by atoms with van der Waals surface area (Å²) >= 11 is 0.